The first-order valence-electron chi connectivity index (χ1n) is 7.79. The van der Waals surface area contributed by atoms with Gasteiger partial charge >= 0.3 is 0 Å². The summed E-state index contributed by atoms with van der Waals surface area (Å²) in [5, 5.41) is 15.8. The van der Waals surface area contributed by atoms with Crippen molar-refractivity contribution in [2.75, 3.05) is 18.9 Å². The lowest BCUT2D eigenvalue weighted by Crippen LogP contribution is -2.51. The molecule has 2 unspecified atom stereocenters. The van der Waals surface area contributed by atoms with Crippen molar-refractivity contribution in [3.05, 3.63) is 65.2 Å². The Kier molecular flexibility index (Phi) is 4.99. The Balaban J connectivity index is 2.11. The predicted molar refractivity (Wildman–Crippen MR) is 100 cm³/mol. The van der Waals surface area contributed by atoms with Crippen molar-refractivity contribution >= 4 is 28.1 Å². The Bertz CT molecular complexity index is 780. The van der Waals surface area contributed by atoms with Crippen molar-refractivity contribution in [3.8, 4) is 0 Å². The molecule has 0 saturated heterocycles. The summed E-state index contributed by atoms with van der Waals surface area (Å²) >= 11 is 5.40. The second-order valence-electron chi connectivity index (χ2n) is 5.82. The molecule has 1 aliphatic rings. The zero-order valence-corrected chi connectivity index (χ0v) is 15.0. The highest BCUT2D eigenvalue weighted by Crippen LogP contribution is 2.42. The van der Waals surface area contributed by atoms with E-state index in [2.05, 4.69) is 10.6 Å². The summed E-state index contributed by atoms with van der Waals surface area (Å²) < 4.78 is 12.8. The maximum atomic E-state index is 12.8. The summed E-state index contributed by atoms with van der Waals surface area (Å²) in [6.07, 6.45) is 0. The lowest BCUT2D eigenvalue weighted by Gasteiger charge is -2.33. The molecule has 2 atom stereocenters. The largest absolute Gasteiger partial charge is 0.395 e. The SMILES string of the molecule is Cc1cccc2c1S(=O)CC2(NC(=S)NCCO)c1ccccc1. The molecule has 24 heavy (non-hydrogen) atoms. The molecule has 126 valence electrons. The van der Waals surface area contributed by atoms with Gasteiger partial charge in [0.25, 0.3) is 0 Å². The van der Waals surface area contributed by atoms with Gasteiger partial charge in [-0.15, -0.1) is 0 Å². The van der Waals surface area contributed by atoms with Gasteiger partial charge in [0.2, 0.25) is 0 Å². The highest BCUT2D eigenvalue weighted by Gasteiger charge is 2.45. The normalized spacial score (nSPS) is 22.0. The number of thiocarbonyl (C=S) groups is 1. The van der Waals surface area contributed by atoms with Gasteiger partial charge in [-0.2, -0.15) is 0 Å². The fourth-order valence-electron chi connectivity index (χ4n) is 3.18. The van der Waals surface area contributed by atoms with Crippen LogP contribution in [0, 0.1) is 6.92 Å². The lowest BCUT2D eigenvalue weighted by atomic mass is 9.84. The Morgan fingerprint density at radius 1 is 1.25 bits per heavy atom. The summed E-state index contributed by atoms with van der Waals surface area (Å²) in [7, 11) is -1.10. The van der Waals surface area contributed by atoms with Crippen LogP contribution in [0.15, 0.2) is 53.4 Å². The number of rotatable bonds is 4. The van der Waals surface area contributed by atoms with Crippen LogP contribution < -0.4 is 10.6 Å². The maximum absolute atomic E-state index is 12.8. The third-order valence-electron chi connectivity index (χ3n) is 4.24. The van der Waals surface area contributed by atoms with E-state index in [4.69, 9.17) is 17.3 Å². The van der Waals surface area contributed by atoms with Crippen LogP contribution in [0.5, 0.6) is 0 Å². The molecule has 0 fully saturated rings. The first kappa shape index (κ1) is 17.1. The summed E-state index contributed by atoms with van der Waals surface area (Å²) in [4.78, 5) is 0.888. The Morgan fingerprint density at radius 3 is 2.71 bits per heavy atom. The molecule has 1 heterocycles. The second kappa shape index (κ2) is 7.01. The van der Waals surface area contributed by atoms with E-state index < -0.39 is 16.3 Å². The van der Waals surface area contributed by atoms with Gasteiger partial charge in [0.1, 0.15) is 5.54 Å². The van der Waals surface area contributed by atoms with Gasteiger partial charge in [0, 0.05) is 11.4 Å². The average molecular weight is 361 g/mol. The first-order valence-corrected chi connectivity index (χ1v) is 9.52. The highest BCUT2D eigenvalue weighted by atomic mass is 32.2. The highest BCUT2D eigenvalue weighted by molar-refractivity contribution is 7.85. The minimum Gasteiger partial charge on any atom is -0.395 e. The summed E-state index contributed by atoms with van der Waals surface area (Å²) in [6, 6.07) is 15.9. The Labute approximate surface area is 149 Å². The molecule has 2 aromatic carbocycles. The Hall–Kier alpha value is -1.76. The van der Waals surface area contributed by atoms with Crippen molar-refractivity contribution in [2.24, 2.45) is 0 Å². The third kappa shape index (κ3) is 2.97. The molecule has 3 N–H and O–H groups in total. The number of fused-ring (bicyclic) bond motifs is 1. The molecule has 6 heteroatoms. The lowest BCUT2D eigenvalue weighted by molar-refractivity contribution is 0.300. The van der Waals surface area contributed by atoms with E-state index in [1.54, 1.807) is 0 Å². The molecular formula is C18H20N2O2S2. The van der Waals surface area contributed by atoms with Gasteiger partial charge in [0.05, 0.1) is 23.2 Å². The fourth-order valence-corrected chi connectivity index (χ4v) is 5.30. The van der Waals surface area contributed by atoms with Crippen LogP contribution in [0.2, 0.25) is 0 Å². The first-order chi connectivity index (χ1) is 11.6. The quantitative estimate of drug-likeness (QED) is 0.726. The van der Waals surface area contributed by atoms with E-state index >= 15 is 0 Å². The van der Waals surface area contributed by atoms with E-state index in [1.807, 2.05) is 55.5 Å². The molecule has 0 aromatic heterocycles. The van der Waals surface area contributed by atoms with Crippen LogP contribution in [0.3, 0.4) is 0 Å². The molecule has 0 amide bonds. The van der Waals surface area contributed by atoms with Crippen LogP contribution in [0.25, 0.3) is 0 Å². The van der Waals surface area contributed by atoms with E-state index in [1.165, 1.54) is 0 Å². The summed E-state index contributed by atoms with van der Waals surface area (Å²) in [5.74, 6) is 0.429. The predicted octanol–water partition coefficient (Wildman–Crippen LogP) is 1.82. The van der Waals surface area contributed by atoms with Crippen LogP contribution in [-0.4, -0.2) is 33.3 Å². The molecule has 1 aliphatic heterocycles. The van der Waals surface area contributed by atoms with Gasteiger partial charge in [-0.05, 0) is 35.8 Å². The molecule has 2 aromatic rings. The van der Waals surface area contributed by atoms with Gasteiger partial charge in [-0.1, -0.05) is 48.5 Å². The average Bonchev–Trinajstić information content (AvgIpc) is 2.88. The van der Waals surface area contributed by atoms with E-state index in [-0.39, 0.29) is 6.61 Å². The Morgan fingerprint density at radius 2 is 2.00 bits per heavy atom. The number of benzene rings is 2. The minimum atomic E-state index is -1.10. The second-order valence-corrected chi connectivity index (χ2v) is 7.61. The van der Waals surface area contributed by atoms with Crippen molar-refractivity contribution in [1.82, 2.24) is 10.6 Å². The van der Waals surface area contributed by atoms with Crippen molar-refractivity contribution < 1.29 is 9.32 Å². The number of aryl methyl sites for hydroxylation is 1. The fraction of sp³-hybridized carbons (Fsp3) is 0.278. The van der Waals surface area contributed by atoms with E-state index in [0.717, 1.165) is 21.6 Å². The van der Waals surface area contributed by atoms with E-state index in [0.29, 0.717) is 17.4 Å². The third-order valence-corrected chi connectivity index (χ3v) is 6.18. The molecule has 0 saturated carbocycles. The van der Waals surface area contributed by atoms with Gasteiger partial charge in [-0.25, -0.2) is 0 Å². The van der Waals surface area contributed by atoms with Crippen LogP contribution >= 0.6 is 12.2 Å². The molecule has 0 aliphatic carbocycles. The van der Waals surface area contributed by atoms with Crippen LogP contribution in [0.4, 0.5) is 0 Å². The number of hydrogen-bond acceptors (Lipinski definition) is 3. The summed E-state index contributed by atoms with van der Waals surface area (Å²) in [5.41, 5.74) is 2.42. The molecule has 0 bridgehead atoms. The monoisotopic (exact) mass is 360 g/mol. The molecule has 0 spiro atoms. The smallest absolute Gasteiger partial charge is 0.167 e. The van der Waals surface area contributed by atoms with Crippen LogP contribution in [-0.2, 0) is 16.3 Å². The van der Waals surface area contributed by atoms with Crippen LogP contribution in [0.1, 0.15) is 16.7 Å². The van der Waals surface area contributed by atoms with Crippen molar-refractivity contribution in [1.29, 1.82) is 0 Å². The van der Waals surface area contributed by atoms with Crippen molar-refractivity contribution in [2.45, 2.75) is 17.4 Å². The molecular weight excluding hydrogens is 340 g/mol. The van der Waals surface area contributed by atoms with E-state index in [9.17, 15) is 4.21 Å². The van der Waals surface area contributed by atoms with Gasteiger partial charge in [0.15, 0.2) is 5.11 Å². The topological polar surface area (TPSA) is 61.4 Å². The maximum Gasteiger partial charge on any atom is 0.167 e. The molecule has 4 nitrogen and oxygen atoms in total. The van der Waals surface area contributed by atoms with Gasteiger partial charge < -0.3 is 15.7 Å². The molecule has 0 radical (unpaired) electrons. The van der Waals surface area contributed by atoms with Gasteiger partial charge in [-0.3, -0.25) is 4.21 Å². The standard InChI is InChI=1S/C18H20N2O2S2/c1-13-6-5-9-15-16(13)24(22)12-18(15,14-7-3-2-4-8-14)20-17(23)19-10-11-21/h2-9,21H,10-12H2,1H3,(H2,19,20,23). The number of aliphatic hydroxyl groups is 1. The minimum absolute atomic E-state index is 0.00177. The zero-order valence-electron chi connectivity index (χ0n) is 13.4. The molecule has 3 rings (SSSR count). The number of aliphatic hydroxyl groups excluding tert-OH is 1. The number of nitrogens with one attached hydrogen (secondary N) is 2. The summed E-state index contributed by atoms with van der Waals surface area (Å²) in [6.45, 7) is 2.36. The zero-order chi connectivity index (χ0) is 17.2. The van der Waals surface area contributed by atoms with Crippen molar-refractivity contribution in [3.63, 3.8) is 0 Å². The number of hydrogen-bond donors (Lipinski definition) is 3.